The molecule has 1 aliphatic rings. The van der Waals surface area contributed by atoms with Gasteiger partial charge >= 0.3 is 6.03 Å². The summed E-state index contributed by atoms with van der Waals surface area (Å²) in [6, 6.07) is 5.06. The number of amides is 2. The van der Waals surface area contributed by atoms with E-state index < -0.39 is 0 Å². The monoisotopic (exact) mass is 408 g/mol. The number of nitrogens with one attached hydrogen (secondary N) is 1. The van der Waals surface area contributed by atoms with Gasteiger partial charge in [-0.2, -0.15) is 0 Å². The smallest absolute Gasteiger partial charge is 0.318 e. The van der Waals surface area contributed by atoms with Gasteiger partial charge in [0.1, 0.15) is 5.82 Å². The zero-order valence-corrected chi connectivity index (χ0v) is 16.6. The van der Waals surface area contributed by atoms with E-state index in [-0.39, 0.29) is 18.6 Å². The van der Waals surface area contributed by atoms with Crippen LogP contribution in [0.15, 0.2) is 24.4 Å². The number of carbonyl (C=O) groups excluding carboxylic acids is 1. The number of hydrogen-bond donors (Lipinski definition) is 2. The standard InChI is InChI=1S/C19H22Cl2N4O2/c1-12(11-26)6-18-22-9-14-4-5-25(10-17(14)24-18)19(27)23-8-13-2-3-15(20)7-16(13)21/h2-3,7,9,12,26H,4-6,8,10-11H2,1H3,(H,23,27)/t12-/m1/s1. The summed E-state index contributed by atoms with van der Waals surface area (Å²) in [6.45, 7) is 3.44. The number of fused-ring (bicyclic) bond motifs is 1. The Morgan fingerprint density at radius 1 is 1.41 bits per heavy atom. The quantitative estimate of drug-likeness (QED) is 0.795. The zero-order valence-electron chi connectivity index (χ0n) is 15.1. The first kappa shape index (κ1) is 19.9. The molecule has 0 radical (unpaired) electrons. The molecule has 0 saturated heterocycles. The summed E-state index contributed by atoms with van der Waals surface area (Å²) >= 11 is 12.0. The van der Waals surface area contributed by atoms with Gasteiger partial charge in [-0.25, -0.2) is 14.8 Å². The van der Waals surface area contributed by atoms with Crippen molar-refractivity contribution in [3.8, 4) is 0 Å². The first-order valence-corrected chi connectivity index (χ1v) is 9.63. The average molecular weight is 409 g/mol. The van der Waals surface area contributed by atoms with E-state index in [9.17, 15) is 9.90 Å². The van der Waals surface area contributed by atoms with Gasteiger partial charge in [0.25, 0.3) is 0 Å². The molecule has 0 unspecified atom stereocenters. The predicted octanol–water partition coefficient (Wildman–Crippen LogP) is 3.22. The maximum absolute atomic E-state index is 12.5. The molecule has 1 aliphatic heterocycles. The van der Waals surface area contributed by atoms with E-state index in [1.807, 2.05) is 13.1 Å². The van der Waals surface area contributed by atoms with Crippen molar-refractivity contribution >= 4 is 29.2 Å². The van der Waals surface area contributed by atoms with E-state index in [2.05, 4.69) is 15.3 Å². The molecule has 2 aromatic rings. The van der Waals surface area contributed by atoms with Gasteiger partial charge in [-0.05, 0) is 35.6 Å². The van der Waals surface area contributed by atoms with Crippen LogP contribution in [0.2, 0.25) is 10.0 Å². The molecule has 27 heavy (non-hydrogen) atoms. The van der Waals surface area contributed by atoms with E-state index in [4.69, 9.17) is 23.2 Å². The molecule has 0 spiro atoms. The predicted molar refractivity (Wildman–Crippen MR) is 105 cm³/mol. The van der Waals surface area contributed by atoms with Crippen LogP contribution in [0.4, 0.5) is 4.79 Å². The summed E-state index contributed by atoms with van der Waals surface area (Å²) < 4.78 is 0. The van der Waals surface area contributed by atoms with Crippen LogP contribution in [-0.4, -0.2) is 39.2 Å². The second-order valence-corrected chi connectivity index (χ2v) is 7.66. The van der Waals surface area contributed by atoms with Crippen LogP contribution in [0.1, 0.15) is 29.6 Å². The number of aromatic nitrogens is 2. The van der Waals surface area contributed by atoms with Gasteiger partial charge in [0.05, 0.1) is 12.2 Å². The molecule has 1 atom stereocenters. The Hall–Kier alpha value is -1.89. The highest BCUT2D eigenvalue weighted by atomic mass is 35.5. The zero-order chi connectivity index (χ0) is 19.4. The molecule has 144 valence electrons. The summed E-state index contributed by atoms with van der Waals surface area (Å²) in [5, 5.41) is 13.2. The molecule has 2 amide bonds. The van der Waals surface area contributed by atoms with E-state index >= 15 is 0 Å². The largest absolute Gasteiger partial charge is 0.396 e. The Kier molecular flexibility index (Phi) is 6.52. The number of carbonyl (C=O) groups is 1. The molecule has 2 N–H and O–H groups in total. The Morgan fingerprint density at radius 3 is 2.96 bits per heavy atom. The number of urea groups is 1. The highest BCUT2D eigenvalue weighted by molar-refractivity contribution is 6.35. The van der Waals surface area contributed by atoms with Gasteiger partial charge in [-0.1, -0.05) is 36.2 Å². The minimum Gasteiger partial charge on any atom is -0.396 e. The van der Waals surface area contributed by atoms with Gasteiger partial charge in [0.15, 0.2) is 0 Å². The second-order valence-electron chi connectivity index (χ2n) is 6.82. The minimum atomic E-state index is -0.157. The first-order chi connectivity index (χ1) is 13.0. The molecule has 1 aromatic heterocycles. The highest BCUT2D eigenvalue weighted by Crippen LogP contribution is 2.21. The molecule has 6 nitrogen and oxygen atoms in total. The van der Waals surface area contributed by atoms with E-state index in [0.717, 1.165) is 23.2 Å². The summed E-state index contributed by atoms with van der Waals surface area (Å²) in [7, 11) is 0. The van der Waals surface area contributed by atoms with Crippen LogP contribution in [-0.2, 0) is 25.9 Å². The van der Waals surface area contributed by atoms with Crippen LogP contribution in [0, 0.1) is 5.92 Å². The lowest BCUT2D eigenvalue weighted by atomic mass is 10.1. The Labute approximate surface area is 168 Å². The first-order valence-electron chi connectivity index (χ1n) is 8.87. The molecular formula is C19H22Cl2N4O2. The van der Waals surface area contributed by atoms with Crippen LogP contribution >= 0.6 is 23.2 Å². The lowest BCUT2D eigenvalue weighted by molar-refractivity contribution is 0.190. The van der Waals surface area contributed by atoms with Crippen molar-refractivity contribution in [2.45, 2.75) is 32.9 Å². The lowest BCUT2D eigenvalue weighted by Gasteiger charge is -2.28. The van der Waals surface area contributed by atoms with Gasteiger partial charge in [-0.3, -0.25) is 0 Å². The van der Waals surface area contributed by atoms with Crippen molar-refractivity contribution in [2.24, 2.45) is 5.92 Å². The van der Waals surface area contributed by atoms with Gasteiger partial charge in [0, 0.05) is 42.4 Å². The molecule has 0 saturated carbocycles. The van der Waals surface area contributed by atoms with Crippen molar-refractivity contribution in [3.63, 3.8) is 0 Å². The van der Waals surface area contributed by atoms with Crippen molar-refractivity contribution in [1.82, 2.24) is 20.2 Å². The number of aliphatic hydroxyl groups is 1. The molecule has 3 rings (SSSR count). The molecule has 0 fully saturated rings. The Bertz CT molecular complexity index is 831. The average Bonchev–Trinajstić information content (AvgIpc) is 2.66. The summed E-state index contributed by atoms with van der Waals surface area (Å²) in [5.74, 6) is 0.806. The summed E-state index contributed by atoms with van der Waals surface area (Å²) in [4.78, 5) is 23.2. The summed E-state index contributed by atoms with van der Waals surface area (Å²) in [5.41, 5.74) is 2.76. The number of nitrogens with zero attached hydrogens (tertiary/aromatic N) is 3. The molecule has 2 heterocycles. The maximum atomic E-state index is 12.5. The van der Waals surface area contributed by atoms with Crippen LogP contribution < -0.4 is 5.32 Å². The van der Waals surface area contributed by atoms with Crippen molar-refractivity contribution in [1.29, 1.82) is 0 Å². The highest BCUT2D eigenvalue weighted by Gasteiger charge is 2.22. The third-order valence-electron chi connectivity index (χ3n) is 4.57. The number of benzene rings is 1. The third kappa shape index (κ3) is 5.09. The van der Waals surface area contributed by atoms with Crippen LogP contribution in [0.3, 0.4) is 0 Å². The lowest BCUT2D eigenvalue weighted by Crippen LogP contribution is -2.43. The number of aliphatic hydroxyl groups excluding tert-OH is 1. The van der Waals surface area contributed by atoms with Crippen molar-refractivity contribution < 1.29 is 9.90 Å². The maximum Gasteiger partial charge on any atom is 0.318 e. The van der Waals surface area contributed by atoms with Gasteiger partial charge < -0.3 is 15.3 Å². The topological polar surface area (TPSA) is 78.4 Å². The molecule has 0 aliphatic carbocycles. The number of rotatable bonds is 5. The van der Waals surface area contributed by atoms with E-state index in [1.54, 1.807) is 23.1 Å². The second kappa shape index (κ2) is 8.87. The minimum absolute atomic E-state index is 0.0994. The van der Waals surface area contributed by atoms with E-state index in [0.29, 0.717) is 41.9 Å². The van der Waals surface area contributed by atoms with Gasteiger partial charge in [0.2, 0.25) is 0 Å². The number of halogens is 2. The fourth-order valence-electron chi connectivity index (χ4n) is 2.94. The fourth-order valence-corrected chi connectivity index (χ4v) is 3.42. The van der Waals surface area contributed by atoms with E-state index in [1.165, 1.54) is 0 Å². The normalized spacial score (nSPS) is 14.6. The van der Waals surface area contributed by atoms with Crippen LogP contribution in [0.5, 0.6) is 0 Å². The van der Waals surface area contributed by atoms with Gasteiger partial charge in [-0.15, -0.1) is 0 Å². The molecule has 1 aromatic carbocycles. The fraction of sp³-hybridized carbons (Fsp3) is 0.421. The van der Waals surface area contributed by atoms with Crippen molar-refractivity contribution in [2.75, 3.05) is 13.2 Å². The molecule has 0 bridgehead atoms. The SMILES string of the molecule is C[C@@H](CO)Cc1ncc2c(n1)CN(C(=O)NCc1ccc(Cl)cc1Cl)CC2. The van der Waals surface area contributed by atoms with Crippen molar-refractivity contribution in [3.05, 3.63) is 57.1 Å². The summed E-state index contributed by atoms with van der Waals surface area (Å²) in [6.07, 6.45) is 3.18. The third-order valence-corrected chi connectivity index (χ3v) is 5.16. The molecule has 8 heteroatoms. The van der Waals surface area contributed by atoms with Crippen LogP contribution in [0.25, 0.3) is 0 Å². The molecular weight excluding hydrogens is 387 g/mol. The Balaban J connectivity index is 1.62. The number of hydrogen-bond acceptors (Lipinski definition) is 4. The Morgan fingerprint density at radius 2 is 2.22 bits per heavy atom.